The Kier molecular flexibility index (Phi) is 6.51. The topological polar surface area (TPSA) is 82.3 Å². The van der Waals surface area contributed by atoms with E-state index in [1.165, 1.54) is 4.68 Å². The van der Waals surface area contributed by atoms with E-state index in [0.717, 1.165) is 5.56 Å². The minimum Gasteiger partial charge on any atom is -0.456 e. The minimum atomic E-state index is -0.554. The third-order valence-electron chi connectivity index (χ3n) is 5.02. The lowest BCUT2D eigenvalue weighted by atomic mass is 9.98. The Morgan fingerprint density at radius 3 is 2.27 bits per heavy atom. The molecular weight excluding hydrogens is 382 g/mol. The number of esters is 1. The fourth-order valence-electron chi connectivity index (χ4n) is 3.24. The molecule has 0 bridgehead atoms. The molecule has 156 valence electrons. The van der Waals surface area contributed by atoms with Gasteiger partial charge in [-0.25, -0.2) is 4.68 Å². The highest BCUT2D eigenvalue weighted by molar-refractivity contribution is 5.93. The van der Waals surface area contributed by atoms with Crippen LogP contribution in [0.25, 0.3) is 5.69 Å². The van der Waals surface area contributed by atoms with Crippen LogP contribution in [-0.2, 0) is 21.4 Å². The summed E-state index contributed by atoms with van der Waals surface area (Å²) in [6.45, 7) is 3.22. The number of hydrogen-bond acceptors (Lipinski definition) is 4. The number of amides is 1. The third kappa shape index (κ3) is 4.68. The van der Waals surface area contributed by atoms with Crippen LogP contribution in [0, 0.1) is 6.92 Å². The molecule has 0 aliphatic heterocycles. The summed E-state index contributed by atoms with van der Waals surface area (Å²) in [7, 11) is 1.74. The second kappa shape index (κ2) is 9.26. The SMILES string of the molecule is Cc1c(NC(=O)COC(=O)C[C@@H](C)c2ccccc2)c(=O)n(-c2ccccc2)n1C. The number of para-hydroxylation sites is 1. The van der Waals surface area contributed by atoms with Gasteiger partial charge in [-0.3, -0.25) is 19.1 Å². The Hall–Kier alpha value is -3.61. The maximum Gasteiger partial charge on any atom is 0.306 e. The van der Waals surface area contributed by atoms with E-state index in [4.69, 9.17) is 4.74 Å². The zero-order chi connectivity index (χ0) is 21.7. The monoisotopic (exact) mass is 407 g/mol. The van der Waals surface area contributed by atoms with Crippen LogP contribution in [-0.4, -0.2) is 27.8 Å². The molecule has 0 saturated heterocycles. The largest absolute Gasteiger partial charge is 0.456 e. The molecule has 1 amide bonds. The maximum atomic E-state index is 12.8. The van der Waals surface area contributed by atoms with Crippen molar-refractivity contribution in [3.8, 4) is 5.69 Å². The highest BCUT2D eigenvalue weighted by Gasteiger charge is 2.19. The van der Waals surface area contributed by atoms with Gasteiger partial charge in [0, 0.05) is 7.05 Å². The van der Waals surface area contributed by atoms with Gasteiger partial charge < -0.3 is 10.1 Å². The number of nitrogens with zero attached hydrogens (tertiary/aromatic N) is 2. The highest BCUT2D eigenvalue weighted by Crippen LogP contribution is 2.19. The van der Waals surface area contributed by atoms with E-state index in [1.54, 1.807) is 18.7 Å². The molecule has 3 rings (SSSR count). The van der Waals surface area contributed by atoms with Gasteiger partial charge in [0.2, 0.25) is 0 Å². The molecule has 7 heteroatoms. The Bertz CT molecular complexity index is 1080. The molecule has 0 aliphatic carbocycles. The number of rotatable bonds is 7. The fourth-order valence-corrected chi connectivity index (χ4v) is 3.24. The molecule has 1 atom stereocenters. The summed E-state index contributed by atoms with van der Waals surface area (Å²) in [5.41, 5.74) is 2.13. The van der Waals surface area contributed by atoms with Crippen LogP contribution in [0.4, 0.5) is 5.69 Å². The second-order valence-electron chi connectivity index (χ2n) is 7.16. The third-order valence-corrected chi connectivity index (χ3v) is 5.02. The van der Waals surface area contributed by atoms with Crippen LogP contribution in [0.15, 0.2) is 65.5 Å². The predicted octanol–water partition coefficient (Wildman–Crippen LogP) is 3.16. The fraction of sp³-hybridized carbons (Fsp3) is 0.261. The molecule has 7 nitrogen and oxygen atoms in total. The molecule has 0 fully saturated rings. The second-order valence-corrected chi connectivity index (χ2v) is 7.16. The van der Waals surface area contributed by atoms with E-state index in [-0.39, 0.29) is 23.6 Å². The Balaban J connectivity index is 1.62. The Morgan fingerprint density at radius 1 is 1.03 bits per heavy atom. The van der Waals surface area contributed by atoms with Crippen LogP contribution < -0.4 is 10.9 Å². The zero-order valence-corrected chi connectivity index (χ0v) is 17.3. The summed E-state index contributed by atoms with van der Waals surface area (Å²) in [5, 5.41) is 2.58. The van der Waals surface area contributed by atoms with Crippen molar-refractivity contribution in [1.82, 2.24) is 9.36 Å². The average Bonchev–Trinajstić information content (AvgIpc) is 2.96. The molecule has 1 heterocycles. The molecule has 1 aromatic heterocycles. The van der Waals surface area contributed by atoms with Gasteiger partial charge in [0.25, 0.3) is 11.5 Å². The lowest BCUT2D eigenvalue weighted by Crippen LogP contribution is -2.26. The van der Waals surface area contributed by atoms with Gasteiger partial charge in [-0.2, -0.15) is 0 Å². The van der Waals surface area contributed by atoms with Crippen LogP contribution in [0.2, 0.25) is 0 Å². The first-order chi connectivity index (χ1) is 14.4. The van der Waals surface area contributed by atoms with Gasteiger partial charge >= 0.3 is 5.97 Å². The molecule has 0 unspecified atom stereocenters. The number of nitrogens with one attached hydrogen (secondary N) is 1. The maximum absolute atomic E-state index is 12.8. The molecule has 30 heavy (non-hydrogen) atoms. The number of carbonyl (C=O) groups excluding carboxylic acids is 2. The van der Waals surface area contributed by atoms with Crippen LogP contribution in [0.5, 0.6) is 0 Å². The van der Waals surface area contributed by atoms with Gasteiger partial charge in [0.05, 0.1) is 17.8 Å². The lowest BCUT2D eigenvalue weighted by molar-refractivity contribution is -0.147. The van der Waals surface area contributed by atoms with Crippen molar-refractivity contribution in [2.45, 2.75) is 26.2 Å². The summed E-state index contributed by atoms with van der Waals surface area (Å²) in [6, 6.07) is 18.8. The molecular formula is C23H25N3O4. The standard InChI is InChI=1S/C23H25N3O4/c1-16(18-10-6-4-7-11-18)14-21(28)30-15-20(27)24-22-17(2)25(3)26(23(22)29)19-12-8-5-9-13-19/h4-13,16H,14-15H2,1-3H3,(H,24,27)/t16-/m1/s1. The van der Waals surface area contributed by atoms with E-state index >= 15 is 0 Å². The first-order valence-electron chi connectivity index (χ1n) is 9.73. The lowest BCUT2D eigenvalue weighted by Gasteiger charge is -2.11. The average molecular weight is 407 g/mol. The van der Waals surface area contributed by atoms with Crippen molar-refractivity contribution >= 4 is 17.6 Å². The molecule has 0 aliphatic rings. The molecule has 0 radical (unpaired) electrons. The minimum absolute atomic E-state index is 0.0174. The van der Waals surface area contributed by atoms with E-state index in [2.05, 4.69) is 5.32 Å². The summed E-state index contributed by atoms with van der Waals surface area (Å²) in [4.78, 5) is 37.2. The number of benzene rings is 2. The number of aromatic nitrogens is 2. The smallest absolute Gasteiger partial charge is 0.306 e. The van der Waals surface area contributed by atoms with Crippen molar-refractivity contribution < 1.29 is 14.3 Å². The number of ether oxygens (including phenoxy) is 1. The zero-order valence-electron chi connectivity index (χ0n) is 17.3. The first-order valence-corrected chi connectivity index (χ1v) is 9.73. The normalized spacial score (nSPS) is 11.7. The van der Waals surface area contributed by atoms with Crippen LogP contribution in [0.1, 0.15) is 30.5 Å². The van der Waals surface area contributed by atoms with E-state index < -0.39 is 18.5 Å². The van der Waals surface area contributed by atoms with Crippen molar-refractivity contribution in [2.24, 2.45) is 7.05 Å². The number of carbonyl (C=O) groups is 2. The number of hydrogen-bond donors (Lipinski definition) is 1. The summed E-state index contributed by atoms with van der Waals surface area (Å²) < 4.78 is 8.24. The number of anilines is 1. The van der Waals surface area contributed by atoms with E-state index in [0.29, 0.717) is 11.4 Å². The molecule has 3 aromatic rings. The van der Waals surface area contributed by atoms with Crippen molar-refractivity contribution in [3.63, 3.8) is 0 Å². The predicted molar refractivity (Wildman–Crippen MR) is 115 cm³/mol. The van der Waals surface area contributed by atoms with Crippen molar-refractivity contribution in [3.05, 3.63) is 82.3 Å². The Labute approximate surface area is 174 Å². The van der Waals surface area contributed by atoms with Gasteiger partial charge in [0.15, 0.2) is 6.61 Å². The summed E-state index contributed by atoms with van der Waals surface area (Å²) in [6.07, 6.45) is 0.169. The summed E-state index contributed by atoms with van der Waals surface area (Å²) in [5.74, 6) is -1.04. The Morgan fingerprint density at radius 2 is 1.63 bits per heavy atom. The quantitative estimate of drug-likeness (QED) is 0.610. The first kappa shape index (κ1) is 21.1. The van der Waals surface area contributed by atoms with Gasteiger partial charge in [0.1, 0.15) is 5.69 Å². The van der Waals surface area contributed by atoms with E-state index in [1.807, 2.05) is 67.6 Å². The highest BCUT2D eigenvalue weighted by atomic mass is 16.5. The molecule has 2 aromatic carbocycles. The molecule has 0 saturated carbocycles. The van der Waals surface area contributed by atoms with Gasteiger partial charge in [-0.1, -0.05) is 55.5 Å². The van der Waals surface area contributed by atoms with Gasteiger partial charge in [-0.05, 0) is 30.5 Å². The molecule has 1 N–H and O–H groups in total. The van der Waals surface area contributed by atoms with Crippen molar-refractivity contribution in [1.29, 1.82) is 0 Å². The van der Waals surface area contributed by atoms with Crippen molar-refractivity contribution in [2.75, 3.05) is 11.9 Å². The molecule has 0 spiro atoms. The van der Waals surface area contributed by atoms with Crippen LogP contribution in [0.3, 0.4) is 0 Å². The summed E-state index contributed by atoms with van der Waals surface area (Å²) >= 11 is 0. The van der Waals surface area contributed by atoms with Gasteiger partial charge in [-0.15, -0.1) is 0 Å². The van der Waals surface area contributed by atoms with E-state index in [9.17, 15) is 14.4 Å². The van der Waals surface area contributed by atoms with Crippen LogP contribution >= 0.6 is 0 Å².